The van der Waals surface area contributed by atoms with Gasteiger partial charge in [-0.25, -0.2) is 4.39 Å². The molecule has 12 heavy (non-hydrogen) atoms. The summed E-state index contributed by atoms with van der Waals surface area (Å²) in [7, 11) is 1.61. The molecule has 6 heteroatoms. The highest BCUT2D eigenvalue weighted by Gasteiger charge is 2.45. The number of rotatable bonds is 2. The normalized spacial score (nSPS) is 20.4. The summed E-state index contributed by atoms with van der Waals surface area (Å²) in [6.07, 6.45) is 2.53. The highest BCUT2D eigenvalue weighted by Crippen LogP contribution is 2.30. The minimum Gasteiger partial charge on any atom is -0.361 e. The van der Waals surface area contributed by atoms with Gasteiger partial charge in [0, 0.05) is 19.4 Å². The van der Waals surface area contributed by atoms with Crippen LogP contribution in [0.1, 0.15) is 0 Å². The molecule has 1 rings (SSSR count). The Morgan fingerprint density at radius 3 is 2.42 bits per heavy atom. The molecule has 2 nitrogen and oxygen atoms in total. The first-order chi connectivity index (χ1) is 5.44. The van der Waals surface area contributed by atoms with Crippen molar-refractivity contribution in [2.45, 2.75) is 11.7 Å². The summed E-state index contributed by atoms with van der Waals surface area (Å²) < 4.78 is 37.7. The molecule has 0 saturated carbocycles. The van der Waals surface area contributed by atoms with Gasteiger partial charge in [0.1, 0.15) is 0 Å². The van der Waals surface area contributed by atoms with E-state index in [1.807, 2.05) is 0 Å². The van der Waals surface area contributed by atoms with E-state index in [1.165, 1.54) is 11.1 Å². The van der Waals surface area contributed by atoms with Crippen molar-refractivity contribution < 1.29 is 13.2 Å². The summed E-state index contributed by atoms with van der Waals surface area (Å²) in [5.41, 5.74) is -2.69. The van der Waals surface area contributed by atoms with Crippen LogP contribution in [-0.4, -0.2) is 35.2 Å². The maximum Gasteiger partial charge on any atom is 0.371 e. The Morgan fingerprint density at radius 1 is 1.50 bits per heavy atom. The van der Waals surface area contributed by atoms with Gasteiger partial charge in [0.2, 0.25) is 0 Å². The van der Waals surface area contributed by atoms with E-state index in [1.54, 1.807) is 7.05 Å². The van der Waals surface area contributed by atoms with Crippen LogP contribution in [0.25, 0.3) is 0 Å². The number of nitrogens with zero attached hydrogens (tertiary/aromatic N) is 2. The SMILES string of the molecule is CN1C=CN(C(F)(F)C(F)Cl)C1. The van der Waals surface area contributed by atoms with E-state index in [9.17, 15) is 13.2 Å². The molecule has 0 radical (unpaired) electrons. The lowest BCUT2D eigenvalue weighted by Crippen LogP contribution is -2.44. The Labute approximate surface area is 73.2 Å². The predicted molar refractivity (Wildman–Crippen MR) is 39.3 cm³/mol. The molecule has 0 amide bonds. The lowest BCUT2D eigenvalue weighted by molar-refractivity contribution is -0.152. The lowest BCUT2D eigenvalue weighted by atomic mass is 10.5. The van der Waals surface area contributed by atoms with Crippen molar-refractivity contribution in [2.24, 2.45) is 0 Å². The molecule has 0 bridgehead atoms. The Hall–Kier alpha value is -0.580. The lowest BCUT2D eigenvalue weighted by Gasteiger charge is -2.27. The topological polar surface area (TPSA) is 6.48 Å². The van der Waals surface area contributed by atoms with Crippen LogP contribution in [0.2, 0.25) is 0 Å². The number of alkyl halides is 4. The van der Waals surface area contributed by atoms with Gasteiger partial charge >= 0.3 is 6.05 Å². The average molecular weight is 201 g/mol. The first-order valence-corrected chi connectivity index (χ1v) is 3.69. The molecule has 1 aliphatic rings. The summed E-state index contributed by atoms with van der Waals surface area (Å²) in [5.74, 6) is 0. The van der Waals surface area contributed by atoms with Gasteiger partial charge in [-0.1, -0.05) is 11.6 Å². The van der Waals surface area contributed by atoms with E-state index >= 15 is 0 Å². The van der Waals surface area contributed by atoms with Crippen molar-refractivity contribution in [3.63, 3.8) is 0 Å². The van der Waals surface area contributed by atoms with E-state index in [0.29, 0.717) is 4.90 Å². The first kappa shape index (κ1) is 9.51. The summed E-state index contributed by atoms with van der Waals surface area (Å²) in [6.45, 7) is -0.0554. The second-order valence-corrected chi connectivity index (χ2v) is 2.94. The molecule has 0 N–H and O–H groups in total. The molecule has 0 aromatic rings. The van der Waals surface area contributed by atoms with Crippen LogP contribution in [0.3, 0.4) is 0 Å². The summed E-state index contributed by atoms with van der Waals surface area (Å²) >= 11 is 4.69. The van der Waals surface area contributed by atoms with E-state index in [2.05, 4.69) is 11.6 Å². The maximum atomic E-state index is 12.8. The second kappa shape index (κ2) is 3.05. The molecule has 1 atom stereocenters. The summed E-state index contributed by atoms with van der Waals surface area (Å²) in [4.78, 5) is 2.04. The third-order valence-corrected chi connectivity index (χ3v) is 1.78. The molecule has 1 heterocycles. The third kappa shape index (κ3) is 1.60. The van der Waals surface area contributed by atoms with Crippen molar-refractivity contribution in [1.29, 1.82) is 0 Å². The fraction of sp³-hybridized carbons (Fsp3) is 0.667. The quantitative estimate of drug-likeness (QED) is 0.495. The fourth-order valence-electron chi connectivity index (χ4n) is 0.848. The van der Waals surface area contributed by atoms with Gasteiger partial charge in [0.05, 0.1) is 6.67 Å². The second-order valence-electron chi connectivity index (χ2n) is 2.55. The standard InChI is InChI=1S/C6H8ClF3N2/c1-11-2-3-12(4-11)6(9,10)5(7)8/h2-3,5H,4H2,1H3. The van der Waals surface area contributed by atoms with Crippen LogP contribution >= 0.6 is 11.6 Å². The summed E-state index contributed by atoms with van der Waals surface area (Å²) in [5, 5.41) is 0. The zero-order chi connectivity index (χ0) is 9.35. The monoisotopic (exact) mass is 200 g/mol. The van der Waals surface area contributed by atoms with Crippen LogP contribution in [0.5, 0.6) is 0 Å². The smallest absolute Gasteiger partial charge is 0.361 e. The van der Waals surface area contributed by atoms with Gasteiger partial charge < -0.3 is 4.90 Å². The average Bonchev–Trinajstić information content (AvgIpc) is 2.35. The van der Waals surface area contributed by atoms with Crippen molar-refractivity contribution in [3.8, 4) is 0 Å². The molecule has 0 fully saturated rings. The molecule has 0 aliphatic carbocycles. The molecule has 0 aromatic carbocycles. The largest absolute Gasteiger partial charge is 0.371 e. The predicted octanol–water partition coefficient (Wildman–Crippen LogP) is 1.79. The Kier molecular flexibility index (Phi) is 2.41. The molecule has 70 valence electrons. The number of hydrogen-bond donors (Lipinski definition) is 0. The van der Waals surface area contributed by atoms with E-state index < -0.39 is 11.7 Å². The number of hydrogen-bond acceptors (Lipinski definition) is 2. The zero-order valence-corrected chi connectivity index (χ0v) is 7.10. The minimum atomic E-state index is -3.64. The fourth-order valence-corrected chi connectivity index (χ4v) is 0.973. The van der Waals surface area contributed by atoms with Crippen molar-refractivity contribution in [2.75, 3.05) is 13.7 Å². The van der Waals surface area contributed by atoms with E-state index in [0.717, 1.165) is 6.20 Å². The molecular formula is C6H8ClF3N2. The van der Waals surface area contributed by atoms with Crippen molar-refractivity contribution in [3.05, 3.63) is 12.4 Å². The molecule has 1 aliphatic heterocycles. The van der Waals surface area contributed by atoms with Crippen LogP contribution < -0.4 is 0 Å². The van der Waals surface area contributed by atoms with Crippen molar-refractivity contribution in [1.82, 2.24) is 9.80 Å². The van der Waals surface area contributed by atoms with E-state index in [-0.39, 0.29) is 6.67 Å². The third-order valence-electron chi connectivity index (χ3n) is 1.52. The molecule has 0 spiro atoms. The van der Waals surface area contributed by atoms with Crippen LogP contribution in [0.4, 0.5) is 13.2 Å². The Balaban J connectivity index is 2.65. The van der Waals surface area contributed by atoms with Crippen LogP contribution in [0.15, 0.2) is 12.4 Å². The van der Waals surface area contributed by atoms with Gasteiger partial charge in [0.15, 0.2) is 0 Å². The number of halogens is 4. The van der Waals surface area contributed by atoms with Crippen LogP contribution in [0, 0.1) is 0 Å². The maximum absolute atomic E-state index is 12.8. The molecule has 1 unspecified atom stereocenters. The van der Waals surface area contributed by atoms with Gasteiger partial charge in [-0.05, 0) is 0 Å². The van der Waals surface area contributed by atoms with Gasteiger partial charge in [-0.15, -0.1) is 0 Å². The van der Waals surface area contributed by atoms with Gasteiger partial charge in [-0.2, -0.15) is 8.78 Å². The summed E-state index contributed by atoms with van der Waals surface area (Å²) in [6, 6.07) is -3.64. The zero-order valence-electron chi connectivity index (χ0n) is 6.35. The Morgan fingerprint density at radius 2 is 2.08 bits per heavy atom. The van der Waals surface area contributed by atoms with Gasteiger partial charge in [0.25, 0.3) is 5.63 Å². The van der Waals surface area contributed by atoms with Gasteiger partial charge in [-0.3, -0.25) is 4.90 Å². The first-order valence-electron chi connectivity index (χ1n) is 3.26. The Bertz CT molecular complexity index is 195. The highest BCUT2D eigenvalue weighted by atomic mass is 35.5. The minimum absolute atomic E-state index is 0.0554. The van der Waals surface area contributed by atoms with Crippen LogP contribution in [-0.2, 0) is 0 Å². The van der Waals surface area contributed by atoms with E-state index in [4.69, 9.17) is 0 Å². The molecule has 0 saturated heterocycles. The van der Waals surface area contributed by atoms with Crippen molar-refractivity contribution >= 4 is 11.6 Å². The molecular weight excluding hydrogens is 193 g/mol. The highest BCUT2D eigenvalue weighted by molar-refractivity contribution is 6.20. The molecule has 0 aromatic heterocycles.